The van der Waals surface area contributed by atoms with Crippen molar-refractivity contribution in [3.8, 4) is 0 Å². The van der Waals surface area contributed by atoms with E-state index in [2.05, 4.69) is 58.9 Å². The summed E-state index contributed by atoms with van der Waals surface area (Å²) >= 11 is 0. The molecule has 130 valence electrons. The molecule has 0 aliphatic carbocycles. The zero-order valence-electron chi connectivity index (χ0n) is 14.8. The minimum Gasteiger partial charge on any atom is -0.378 e. The van der Waals surface area contributed by atoms with E-state index in [1.54, 1.807) is 0 Å². The molecule has 0 spiro atoms. The van der Waals surface area contributed by atoms with Crippen LogP contribution in [0.5, 0.6) is 0 Å². The maximum Gasteiger partial charge on any atom is 0.138 e. The van der Waals surface area contributed by atoms with E-state index in [0.717, 1.165) is 49.1 Å². The number of hydrogen-bond donors (Lipinski definition) is 1. The first-order chi connectivity index (χ1) is 12.2. The van der Waals surface area contributed by atoms with E-state index in [4.69, 9.17) is 9.72 Å². The van der Waals surface area contributed by atoms with Gasteiger partial charge in [-0.05, 0) is 42.3 Å². The maximum atomic E-state index is 5.43. The molecule has 1 aromatic carbocycles. The van der Waals surface area contributed by atoms with Crippen molar-refractivity contribution in [3.63, 3.8) is 0 Å². The number of benzene rings is 1. The first-order valence-electron chi connectivity index (χ1n) is 8.89. The molecule has 25 heavy (non-hydrogen) atoms. The molecule has 5 nitrogen and oxygen atoms in total. The molecule has 1 aliphatic rings. The summed E-state index contributed by atoms with van der Waals surface area (Å²) in [6.07, 6.45) is 2.05. The SMILES string of the molecule is CC(C)c1nc2ccccn2c1Nc1ccc(N2CCOCC2)cc1. The van der Waals surface area contributed by atoms with Gasteiger partial charge in [0.15, 0.2) is 0 Å². The van der Waals surface area contributed by atoms with Crippen molar-refractivity contribution >= 4 is 22.8 Å². The largest absolute Gasteiger partial charge is 0.378 e. The Labute approximate surface area is 148 Å². The van der Waals surface area contributed by atoms with E-state index in [1.807, 2.05) is 18.2 Å². The lowest BCUT2D eigenvalue weighted by Crippen LogP contribution is -2.36. The van der Waals surface area contributed by atoms with Crippen LogP contribution in [0.15, 0.2) is 48.7 Å². The summed E-state index contributed by atoms with van der Waals surface area (Å²) in [4.78, 5) is 7.14. The zero-order valence-corrected chi connectivity index (χ0v) is 14.8. The second-order valence-corrected chi connectivity index (χ2v) is 6.70. The molecule has 1 aliphatic heterocycles. The fourth-order valence-electron chi connectivity index (χ4n) is 3.25. The molecule has 3 heterocycles. The monoisotopic (exact) mass is 336 g/mol. The maximum absolute atomic E-state index is 5.43. The Morgan fingerprint density at radius 3 is 2.52 bits per heavy atom. The van der Waals surface area contributed by atoms with Gasteiger partial charge in [-0.3, -0.25) is 4.40 Å². The molecule has 0 saturated carbocycles. The molecule has 1 N–H and O–H groups in total. The number of morpholine rings is 1. The Kier molecular flexibility index (Phi) is 4.32. The summed E-state index contributed by atoms with van der Waals surface area (Å²) < 4.78 is 7.54. The van der Waals surface area contributed by atoms with E-state index < -0.39 is 0 Å². The summed E-state index contributed by atoms with van der Waals surface area (Å²) in [5.41, 5.74) is 4.38. The Bertz CT molecular complexity index is 848. The van der Waals surface area contributed by atoms with Gasteiger partial charge in [0, 0.05) is 30.7 Å². The summed E-state index contributed by atoms with van der Waals surface area (Å²) in [5, 5.41) is 3.56. The summed E-state index contributed by atoms with van der Waals surface area (Å²) in [6.45, 7) is 7.87. The van der Waals surface area contributed by atoms with Crippen molar-refractivity contribution in [3.05, 3.63) is 54.4 Å². The highest BCUT2D eigenvalue weighted by molar-refractivity contribution is 5.66. The number of nitrogens with zero attached hydrogens (tertiary/aromatic N) is 3. The number of pyridine rings is 1. The average Bonchev–Trinajstić information content (AvgIpc) is 3.02. The summed E-state index contributed by atoms with van der Waals surface area (Å²) in [7, 11) is 0. The summed E-state index contributed by atoms with van der Waals surface area (Å²) in [5.74, 6) is 1.40. The topological polar surface area (TPSA) is 41.8 Å². The Hall–Kier alpha value is -2.53. The van der Waals surface area contributed by atoms with Gasteiger partial charge in [-0.1, -0.05) is 19.9 Å². The molecule has 5 heteroatoms. The van der Waals surface area contributed by atoms with Gasteiger partial charge in [-0.2, -0.15) is 0 Å². The normalized spacial score (nSPS) is 15.1. The van der Waals surface area contributed by atoms with Gasteiger partial charge >= 0.3 is 0 Å². The standard InChI is InChI=1S/C20H24N4O/c1-15(2)19-20(24-10-4-3-5-18(24)22-19)21-16-6-8-17(9-7-16)23-11-13-25-14-12-23/h3-10,15,21H,11-14H2,1-2H3. The van der Waals surface area contributed by atoms with E-state index in [1.165, 1.54) is 5.69 Å². The van der Waals surface area contributed by atoms with Gasteiger partial charge in [0.25, 0.3) is 0 Å². The number of fused-ring (bicyclic) bond motifs is 1. The lowest BCUT2D eigenvalue weighted by molar-refractivity contribution is 0.122. The van der Waals surface area contributed by atoms with E-state index in [-0.39, 0.29) is 0 Å². The molecule has 2 aromatic heterocycles. The molecule has 0 radical (unpaired) electrons. The molecular formula is C20H24N4O. The smallest absolute Gasteiger partial charge is 0.138 e. The van der Waals surface area contributed by atoms with Crippen molar-refractivity contribution in [2.24, 2.45) is 0 Å². The first-order valence-corrected chi connectivity index (χ1v) is 8.89. The number of anilines is 3. The third-order valence-electron chi connectivity index (χ3n) is 4.61. The van der Waals surface area contributed by atoms with Crippen molar-refractivity contribution < 1.29 is 4.74 Å². The average molecular weight is 336 g/mol. The van der Waals surface area contributed by atoms with Crippen LogP contribution in [0.3, 0.4) is 0 Å². The van der Waals surface area contributed by atoms with Crippen molar-refractivity contribution in [1.82, 2.24) is 9.38 Å². The number of hydrogen-bond acceptors (Lipinski definition) is 4. The second-order valence-electron chi connectivity index (χ2n) is 6.70. The predicted octanol–water partition coefficient (Wildman–Crippen LogP) is 4.04. The van der Waals surface area contributed by atoms with Gasteiger partial charge in [0.2, 0.25) is 0 Å². The van der Waals surface area contributed by atoms with E-state index in [0.29, 0.717) is 5.92 Å². The van der Waals surface area contributed by atoms with Crippen LogP contribution in [0, 0.1) is 0 Å². The molecule has 0 amide bonds. The van der Waals surface area contributed by atoms with Crippen LogP contribution in [0.1, 0.15) is 25.5 Å². The number of ether oxygens (including phenoxy) is 1. The van der Waals surface area contributed by atoms with Crippen LogP contribution in [0.25, 0.3) is 5.65 Å². The molecule has 0 bridgehead atoms. The molecule has 4 rings (SSSR count). The minimum atomic E-state index is 0.357. The highest BCUT2D eigenvalue weighted by atomic mass is 16.5. The van der Waals surface area contributed by atoms with Crippen LogP contribution in [0.4, 0.5) is 17.2 Å². The molecular weight excluding hydrogens is 312 g/mol. The number of aromatic nitrogens is 2. The fraction of sp³-hybridized carbons (Fsp3) is 0.350. The van der Waals surface area contributed by atoms with E-state index >= 15 is 0 Å². The van der Waals surface area contributed by atoms with Gasteiger partial charge < -0.3 is 15.0 Å². The molecule has 0 unspecified atom stereocenters. The number of rotatable bonds is 4. The first kappa shape index (κ1) is 16.0. The summed E-state index contributed by atoms with van der Waals surface area (Å²) in [6, 6.07) is 14.7. The van der Waals surface area contributed by atoms with Crippen LogP contribution in [-0.4, -0.2) is 35.7 Å². The lowest BCUT2D eigenvalue weighted by atomic mass is 10.1. The van der Waals surface area contributed by atoms with Crippen molar-refractivity contribution in [1.29, 1.82) is 0 Å². The molecule has 0 atom stereocenters. The second kappa shape index (κ2) is 6.76. The minimum absolute atomic E-state index is 0.357. The molecule has 3 aromatic rings. The van der Waals surface area contributed by atoms with Gasteiger partial charge in [0.05, 0.1) is 18.9 Å². The highest BCUT2D eigenvalue weighted by Crippen LogP contribution is 2.29. The Balaban J connectivity index is 1.61. The zero-order chi connectivity index (χ0) is 17.2. The number of imidazole rings is 1. The van der Waals surface area contributed by atoms with E-state index in [9.17, 15) is 0 Å². The predicted molar refractivity (Wildman–Crippen MR) is 102 cm³/mol. The molecule has 1 saturated heterocycles. The van der Waals surface area contributed by atoms with Crippen LogP contribution in [0.2, 0.25) is 0 Å². The third-order valence-corrected chi connectivity index (χ3v) is 4.61. The van der Waals surface area contributed by atoms with Gasteiger partial charge in [-0.25, -0.2) is 4.98 Å². The van der Waals surface area contributed by atoms with Gasteiger partial charge in [0.1, 0.15) is 11.5 Å². The quantitative estimate of drug-likeness (QED) is 0.781. The molecule has 1 fully saturated rings. The van der Waals surface area contributed by atoms with Crippen molar-refractivity contribution in [2.75, 3.05) is 36.5 Å². The fourth-order valence-corrected chi connectivity index (χ4v) is 3.25. The lowest BCUT2D eigenvalue weighted by Gasteiger charge is -2.29. The van der Waals surface area contributed by atoms with Crippen LogP contribution < -0.4 is 10.2 Å². The highest BCUT2D eigenvalue weighted by Gasteiger charge is 2.15. The van der Waals surface area contributed by atoms with Crippen LogP contribution in [-0.2, 0) is 4.74 Å². The van der Waals surface area contributed by atoms with Gasteiger partial charge in [-0.15, -0.1) is 0 Å². The Morgan fingerprint density at radius 2 is 1.80 bits per heavy atom. The Morgan fingerprint density at radius 1 is 1.04 bits per heavy atom. The number of nitrogens with one attached hydrogen (secondary N) is 1. The van der Waals surface area contributed by atoms with Crippen LogP contribution >= 0.6 is 0 Å². The van der Waals surface area contributed by atoms with Crippen molar-refractivity contribution in [2.45, 2.75) is 19.8 Å². The third kappa shape index (κ3) is 3.20.